The van der Waals surface area contributed by atoms with E-state index in [2.05, 4.69) is 36.9 Å². The Hall–Kier alpha value is -1.22. The molecule has 0 aliphatic carbocycles. The van der Waals surface area contributed by atoms with Crippen LogP contribution in [0.3, 0.4) is 0 Å². The fourth-order valence-electron chi connectivity index (χ4n) is 3.46. The van der Waals surface area contributed by atoms with E-state index in [-0.39, 0.29) is 5.54 Å². The summed E-state index contributed by atoms with van der Waals surface area (Å²) in [5.74, 6) is 1.01. The van der Waals surface area contributed by atoms with Crippen molar-refractivity contribution in [1.82, 2.24) is 0 Å². The van der Waals surface area contributed by atoms with Crippen LogP contribution in [0.25, 0.3) is 0 Å². The van der Waals surface area contributed by atoms with Crippen molar-refractivity contribution in [3.63, 3.8) is 0 Å². The maximum absolute atomic E-state index is 6.24. The molecule has 1 aliphatic heterocycles. The van der Waals surface area contributed by atoms with Gasteiger partial charge in [-0.2, -0.15) is 0 Å². The van der Waals surface area contributed by atoms with Gasteiger partial charge in [-0.25, -0.2) is 0 Å². The first-order valence-corrected chi connectivity index (χ1v) is 7.97. The molecular weight excluding hydrogens is 248 g/mol. The summed E-state index contributed by atoms with van der Waals surface area (Å²) < 4.78 is 5.89. The van der Waals surface area contributed by atoms with Crippen LogP contribution in [-0.2, 0) is 0 Å². The lowest BCUT2D eigenvalue weighted by Gasteiger charge is -2.45. The van der Waals surface area contributed by atoms with Gasteiger partial charge in [-0.3, -0.25) is 0 Å². The highest BCUT2D eigenvalue weighted by Crippen LogP contribution is 2.38. The topological polar surface area (TPSA) is 38.5 Å². The standard InChI is InChI=1S/C17H28N2O/c1-3-10-17(14-18,11-4-2)19-12-7-13-20-16-9-6-5-8-15(16)19/h5-6,8-9H,3-4,7,10-14,18H2,1-2H3. The van der Waals surface area contributed by atoms with E-state index in [1.807, 2.05) is 6.07 Å². The van der Waals surface area contributed by atoms with E-state index in [1.165, 1.54) is 5.69 Å². The van der Waals surface area contributed by atoms with Gasteiger partial charge in [0.05, 0.1) is 17.8 Å². The van der Waals surface area contributed by atoms with Crippen molar-refractivity contribution in [3.8, 4) is 5.75 Å². The molecule has 112 valence electrons. The van der Waals surface area contributed by atoms with Crippen molar-refractivity contribution < 1.29 is 4.74 Å². The Bertz CT molecular complexity index is 413. The van der Waals surface area contributed by atoms with Gasteiger partial charge in [-0.1, -0.05) is 38.8 Å². The summed E-state index contributed by atoms with van der Waals surface area (Å²) in [7, 11) is 0. The molecule has 3 heteroatoms. The molecule has 0 unspecified atom stereocenters. The van der Waals surface area contributed by atoms with Gasteiger partial charge in [0, 0.05) is 13.1 Å². The number of rotatable bonds is 6. The summed E-state index contributed by atoms with van der Waals surface area (Å²) >= 11 is 0. The molecule has 0 amide bonds. The third-order valence-corrected chi connectivity index (χ3v) is 4.32. The summed E-state index contributed by atoms with van der Waals surface area (Å²) in [4.78, 5) is 2.53. The Morgan fingerprint density at radius 1 is 1.20 bits per heavy atom. The van der Waals surface area contributed by atoms with Crippen molar-refractivity contribution in [2.24, 2.45) is 5.73 Å². The Morgan fingerprint density at radius 2 is 1.90 bits per heavy atom. The van der Waals surface area contributed by atoms with Gasteiger partial charge < -0.3 is 15.4 Å². The summed E-state index contributed by atoms with van der Waals surface area (Å²) in [6.07, 6.45) is 5.68. The molecule has 0 fully saturated rings. The summed E-state index contributed by atoms with van der Waals surface area (Å²) in [6, 6.07) is 8.40. The molecule has 1 aromatic carbocycles. The van der Waals surface area contributed by atoms with Crippen molar-refractivity contribution in [1.29, 1.82) is 0 Å². The third-order valence-electron chi connectivity index (χ3n) is 4.32. The maximum atomic E-state index is 6.24. The van der Waals surface area contributed by atoms with Crippen LogP contribution in [0.15, 0.2) is 24.3 Å². The monoisotopic (exact) mass is 276 g/mol. The molecule has 0 saturated heterocycles. The normalized spacial score (nSPS) is 15.4. The first kappa shape index (κ1) is 15.2. The lowest BCUT2D eigenvalue weighted by Crippen LogP contribution is -2.54. The number of nitrogens with two attached hydrogens (primary N) is 1. The minimum Gasteiger partial charge on any atom is -0.491 e. The molecule has 2 rings (SSSR count). The van der Waals surface area contributed by atoms with Crippen molar-refractivity contribution in [2.45, 2.75) is 51.5 Å². The number of hydrogen-bond acceptors (Lipinski definition) is 3. The minimum absolute atomic E-state index is 0.0767. The largest absolute Gasteiger partial charge is 0.491 e. The number of anilines is 1. The number of nitrogens with zero attached hydrogens (tertiary/aromatic N) is 1. The number of fused-ring (bicyclic) bond motifs is 1. The second-order valence-electron chi connectivity index (χ2n) is 5.75. The van der Waals surface area contributed by atoms with Gasteiger partial charge in [0.2, 0.25) is 0 Å². The highest BCUT2D eigenvalue weighted by atomic mass is 16.5. The zero-order valence-corrected chi connectivity index (χ0v) is 12.9. The number of para-hydroxylation sites is 2. The van der Waals surface area contributed by atoms with Gasteiger partial charge in [0.15, 0.2) is 0 Å². The second-order valence-corrected chi connectivity index (χ2v) is 5.75. The van der Waals surface area contributed by atoms with E-state index in [4.69, 9.17) is 10.5 Å². The molecule has 0 saturated carbocycles. The average molecular weight is 276 g/mol. The van der Waals surface area contributed by atoms with Gasteiger partial charge in [0.25, 0.3) is 0 Å². The Labute approximate surface area is 123 Å². The Balaban J connectivity index is 2.41. The fraction of sp³-hybridized carbons (Fsp3) is 0.647. The summed E-state index contributed by atoms with van der Waals surface area (Å²) in [5.41, 5.74) is 7.53. The van der Waals surface area contributed by atoms with E-state index < -0.39 is 0 Å². The zero-order chi connectivity index (χ0) is 14.4. The Morgan fingerprint density at radius 3 is 2.55 bits per heavy atom. The summed E-state index contributed by atoms with van der Waals surface area (Å²) in [6.45, 7) is 7.05. The maximum Gasteiger partial charge on any atom is 0.142 e. The molecule has 3 nitrogen and oxygen atoms in total. The molecule has 2 N–H and O–H groups in total. The van der Waals surface area contributed by atoms with Gasteiger partial charge >= 0.3 is 0 Å². The lowest BCUT2D eigenvalue weighted by atomic mass is 9.86. The quantitative estimate of drug-likeness (QED) is 0.863. The van der Waals surface area contributed by atoms with Crippen molar-refractivity contribution >= 4 is 5.69 Å². The van der Waals surface area contributed by atoms with Crippen LogP contribution in [0.2, 0.25) is 0 Å². The van der Waals surface area contributed by atoms with E-state index in [0.717, 1.165) is 51.0 Å². The van der Waals surface area contributed by atoms with E-state index in [1.54, 1.807) is 0 Å². The lowest BCUT2D eigenvalue weighted by molar-refractivity contribution is 0.314. The van der Waals surface area contributed by atoms with Gasteiger partial charge in [0.1, 0.15) is 5.75 Å². The van der Waals surface area contributed by atoms with E-state index in [9.17, 15) is 0 Å². The molecule has 1 aromatic rings. The zero-order valence-electron chi connectivity index (χ0n) is 12.9. The Kier molecular flexibility index (Phi) is 5.30. The molecule has 0 spiro atoms. The van der Waals surface area contributed by atoms with Crippen molar-refractivity contribution in [2.75, 3.05) is 24.6 Å². The predicted octanol–water partition coefficient (Wildman–Crippen LogP) is 3.57. The minimum atomic E-state index is 0.0767. The highest BCUT2D eigenvalue weighted by molar-refractivity contribution is 5.61. The van der Waals surface area contributed by atoms with Gasteiger partial charge in [-0.15, -0.1) is 0 Å². The van der Waals surface area contributed by atoms with Crippen LogP contribution in [0.1, 0.15) is 46.0 Å². The van der Waals surface area contributed by atoms with E-state index in [0.29, 0.717) is 6.54 Å². The van der Waals surface area contributed by atoms with Crippen LogP contribution < -0.4 is 15.4 Å². The number of ether oxygens (including phenoxy) is 1. The molecular formula is C17H28N2O. The van der Waals surface area contributed by atoms with Crippen LogP contribution in [0.4, 0.5) is 5.69 Å². The predicted molar refractivity (Wildman–Crippen MR) is 85.5 cm³/mol. The van der Waals surface area contributed by atoms with Crippen LogP contribution in [0, 0.1) is 0 Å². The van der Waals surface area contributed by atoms with E-state index >= 15 is 0 Å². The molecule has 20 heavy (non-hydrogen) atoms. The van der Waals surface area contributed by atoms with Crippen LogP contribution in [-0.4, -0.2) is 25.2 Å². The van der Waals surface area contributed by atoms with Crippen LogP contribution >= 0.6 is 0 Å². The molecule has 0 bridgehead atoms. The molecule has 0 radical (unpaired) electrons. The molecule has 0 atom stereocenters. The molecule has 0 aromatic heterocycles. The fourth-order valence-corrected chi connectivity index (χ4v) is 3.46. The highest BCUT2D eigenvalue weighted by Gasteiger charge is 2.35. The second kappa shape index (κ2) is 6.98. The van der Waals surface area contributed by atoms with Crippen molar-refractivity contribution in [3.05, 3.63) is 24.3 Å². The molecule has 1 aliphatic rings. The molecule has 1 heterocycles. The first-order valence-electron chi connectivity index (χ1n) is 7.97. The first-order chi connectivity index (χ1) is 9.77. The number of hydrogen-bond donors (Lipinski definition) is 1. The summed E-state index contributed by atoms with van der Waals surface area (Å²) in [5, 5.41) is 0. The SMILES string of the molecule is CCCC(CN)(CCC)N1CCCOc2ccccc21. The average Bonchev–Trinajstić information content (AvgIpc) is 2.69. The van der Waals surface area contributed by atoms with Gasteiger partial charge in [-0.05, 0) is 31.4 Å². The number of benzene rings is 1. The third kappa shape index (κ3) is 2.93. The smallest absolute Gasteiger partial charge is 0.142 e. The van der Waals surface area contributed by atoms with Crippen LogP contribution in [0.5, 0.6) is 5.75 Å².